The van der Waals surface area contributed by atoms with Gasteiger partial charge >= 0.3 is 0 Å². The summed E-state index contributed by atoms with van der Waals surface area (Å²) in [4.78, 5) is 9.61. The third-order valence-corrected chi connectivity index (χ3v) is 3.50. The highest BCUT2D eigenvalue weighted by atomic mass is 35.5. The van der Waals surface area contributed by atoms with Crippen molar-refractivity contribution in [3.63, 3.8) is 0 Å². The van der Waals surface area contributed by atoms with Crippen LogP contribution in [0, 0.1) is 6.92 Å². The van der Waals surface area contributed by atoms with Gasteiger partial charge in [-0.05, 0) is 13.0 Å². The van der Waals surface area contributed by atoms with Crippen LogP contribution in [0.25, 0.3) is 10.4 Å². The van der Waals surface area contributed by atoms with E-state index in [1.54, 1.807) is 17.5 Å². The van der Waals surface area contributed by atoms with Crippen LogP contribution in [0.2, 0.25) is 0 Å². The molecule has 0 spiro atoms. The molecule has 0 N–H and O–H groups in total. The van der Waals surface area contributed by atoms with E-state index in [2.05, 4.69) is 9.97 Å². The Morgan fingerprint density at radius 3 is 2.93 bits per heavy atom. The minimum Gasteiger partial charge on any atom is -0.264 e. The van der Waals surface area contributed by atoms with Gasteiger partial charge in [0.25, 0.3) is 0 Å². The lowest BCUT2D eigenvalue weighted by Gasteiger charge is -1.95. The lowest BCUT2D eigenvalue weighted by Crippen LogP contribution is -1.79. The van der Waals surface area contributed by atoms with Gasteiger partial charge in [-0.2, -0.15) is 0 Å². The van der Waals surface area contributed by atoms with Gasteiger partial charge in [-0.25, -0.2) is 4.98 Å². The Kier molecular flexibility index (Phi) is 2.79. The van der Waals surface area contributed by atoms with Crippen molar-refractivity contribution in [1.29, 1.82) is 0 Å². The molecule has 0 unspecified atom stereocenters. The molecule has 0 aliphatic rings. The van der Waals surface area contributed by atoms with E-state index in [4.69, 9.17) is 11.6 Å². The second-order valence-electron chi connectivity index (χ2n) is 2.90. The monoisotopic (exact) mass is 224 g/mol. The van der Waals surface area contributed by atoms with E-state index in [0.717, 1.165) is 21.1 Å². The lowest BCUT2D eigenvalue weighted by atomic mass is 10.2. The number of nitrogens with zero attached hydrogens (tertiary/aromatic N) is 2. The summed E-state index contributed by atoms with van der Waals surface area (Å²) in [7, 11) is 0. The maximum Gasteiger partial charge on any atom is 0.108 e. The molecule has 0 aliphatic heterocycles. The van der Waals surface area contributed by atoms with E-state index >= 15 is 0 Å². The van der Waals surface area contributed by atoms with Gasteiger partial charge < -0.3 is 0 Å². The molecule has 0 aromatic carbocycles. The molecule has 2 nitrogen and oxygen atoms in total. The fourth-order valence-electron chi connectivity index (χ4n) is 1.27. The summed E-state index contributed by atoms with van der Waals surface area (Å²) in [5.74, 6) is 0.478. The number of thiazole rings is 1. The molecular formula is C10H9ClN2S. The number of aryl methyl sites for hydroxylation is 1. The fourth-order valence-corrected chi connectivity index (χ4v) is 2.40. The number of rotatable bonds is 2. The summed E-state index contributed by atoms with van der Waals surface area (Å²) in [5, 5.41) is 0.961. The predicted molar refractivity (Wildman–Crippen MR) is 59.6 cm³/mol. The van der Waals surface area contributed by atoms with E-state index in [1.165, 1.54) is 0 Å². The molecule has 0 fully saturated rings. The highest BCUT2D eigenvalue weighted by Crippen LogP contribution is 2.29. The molecule has 14 heavy (non-hydrogen) atoms. The van der Waals surface area contributed by atoms with Crippen LogP contribution in [0.1, 0.15) is 10.7 Å². The number of hydrogen-bond acceptors (Lipinski definition) is 3. The first kappa shape index (κ1) is 9.62. The molecule has 72 valence electrons. The first-order chi connectivity index (χ1) is 6.81. The summed E-state index contributed by atoms with van der Waals surface area (Å²) >= 11 is 7.36. The molecule has 2 rings (SSSR count). The average Bonchev–Trinajstić information content (AvgIpc) is 2.61. The van der Waals surface area contributed by atoms with Gasteiger partial charge in [0.1, 0.15) is 5.01 Å². The third-order valence-electron chi connectivity index (χ3n) is 1.88. The minimum atomic E-state index is 0.478. The van der Waals surface area contributed by atoms with Crippen LogP contribution in [-0.2, 0) is 5.88 Å². The van der Waals surface area contributed by atoms with E-state index in [0.29, 0.717) is 5.88 Å². The summed E-state index contributed by atoms with van der Waals surface area (Å²) in [6.45, 7) is 1.99. The van der Waals surface area contributed by atoms with Gasteiger partial charge in [-0.3, -0.25) is 4.98 Å². The number of hydrogen-bond donors (Lipinski definition) is 0. The van der Waals surface area contributed by atoms with Crippen molar-refractivity contribution in [1.82, 2.24) is 9.97 Å². The van der Waals surface area contributed by atoms with Crippen molar-refractivity contribution >= 4 is 22.9 Å². The molecule has 0 aliphatic carbocycles. The van der Waals surface area contributed by atoms with Crippen LogP contribution in [0.4, 0.5) is 0 Å². The van der Waals surface area contributed by atoms with Crippen LogP contribution in [0.15, 0.2) is 24.5 Å². The molecular weight excluding hydrogens is 216 g/mol. The fraction of sp³-hybridized carbons (Fsp3) is 0.200. The van der Waals surface area contributed by atoms with Gasteiger partial charge in [-0.1, -0.05) is 6.07 Å². The van der Waals surface area contributed by atoms with Gasteiger partial charge in [0.2, 0.25) is 0 Å². The standard InChI is InChI=1S/C10H9ClN2S/c1-7-10(14-9(5-11)13-7)8-3-2-4-12-6-8/h2-4,6H,5H2,1H3. The lowest BCUT2D eigenvalue weighted by molar-refractivity contribution is 1.18. The summed E-state index contributed by atoms with van der Waals surface area (Å²) < 4.78 is 0. The molecule has 0 amide bonds. The zero-order chi connectivity index (χ0) is 9.97. The highest BCUT2D eigenvalue weighted by Gasteiger charge is 2.08. The number of aromatic nitrogens is 2. The quantitative estimate of drug-likeness (QED) is 0.732. The van der Waals surface area contributed by atoms with Crippen LogP contribution >= 0.6 is 22.9 Å². The maximum absolute atomic E-state index is 5.73. The molecule has 4 heteroatoms. The molecule has 0 bridgehead atoms. The van der Waals surface area contributed by atoms with Crippen LogP contribution in [0.3, 0.4) is 0 Å². The average molecular weight is 225 g/mol. The third kappa shape index (κ3) is 1.79. The van der Waals surface area contributed by atoms with Crippen molar-refractivity contribution in [3.05, 3.63) is 35.2 Å². The first-order valence-electron chi connectivity index (χ1n) is 4.24. The van der Waals surface area contributed by atoms with Crippen molar-refractivity contribution in [2.24, 2.45) is 0 Å². The molecule has 0 saturated heterocycles. The molecule has 2 heterocycles. The Hall–Kier alpha value is -0.930. The smallest absolute Gasteiger partial charge is 0.108 e. The van der Waals surface area contributed by atoms with Gasteiger partial charge in [0, 0.05) is 18.0 Å². The summed E-state index contributed by atoms with van der Waals surface area (Å²) in [6, 6.07) is 3.96. The largest absolute Gasteiger partial charge is 0.264 e. The normalized spacial score (nSPS) is 10.4. The zero-order valence-electron chi connectivity index (χ0n) is 7.70. The number of halogens is 1. The SMILES string of the molecule is Cc1nc(CCl)sc1-c1cccnc1. The highest BCUT2D eigenvalue weighted by molar-refractivity contribution is 7.15. The van der Waals surface area contributed by atoms with Gasteiger partial charge in [0.05, 0.1) is 16.5 Å². The Balaban J connectivity index is 2.46. The van der Waals surface area contributed by atoms with E-state index < -0.39 is 0 Å². The molecule has 0 radical (unpaired) electrons. The number of pyridine rings is 1. The van der Waals surface area contributed by atoms with Crippen LogP contribution < -0.4 is 0 Å². The minimum absolute atomic E-state index is 0.478. The predicted octanol–water partition coefficient (Wildman–Crippen LogP) is 3.25. The van der Waals surface area contributed by atoms with Crippen molar-refractivity contribution in [3.8, 4) is 10.4 Å². The summed E-state index contributed by atoms with van der Waals surface area (Å²) in [5.41, 5.74) is 2.14. The van der Waals surface area contributed by atoms with E-state index in [-0.39, 0.29) is 0 Å². The first-order valence-corrected chi connectivity index (χ1v) is 5.59. The zero-order valence-corrected chi connectivity index (χ0v) is 9.27. The molecule has 2 aromatic rings. The Morgan fingerprint density at radius 1 is 1.50 bits per heavy atom. The van der Waals surface area contributed by atoms with Gasteiger partial charge in [0.15, 0.2) is 0 Å². The van der Waals surface area contributed by atoms with Gasteiger partial charge in [-0.15, -0.1) is 22.9 Å². The Bertz CT molecular complexity index is 425. The van der Waals surface area contributed by atoms with E-state index in [9.17, 15) is 0 Å². The topological polar surface area (TPSA) is 25.8 Å². The Labute approximate surface area is 91.6 Å². The second kappa shape index (κ2) is 4.07. The molecule has 2 aromatic heterocycles. The Morgan fingerprint density at radius 2 is 2.36 bits per heavy atom. The van der Waals surface area contributed by atoms with Crippen LogP contribution in [0.5, 0.6) is 0 Å². The van der Waals surface area contributed by atoms with Crippen LogP contribution in [-0.4, -0.2) is 9.97 Å². The van der Waals surface area contributed by atoms with Crippen molar-refractivity contribution < 1.29 is 0 Å². The maximum atomic E-state index is 5.73. The molecule has 0 saturated carbocycles. The van der Waals surface area contributed by atoms with Crippen molar-refractivity contribution in [2.75, 3.05) is 0 Å². The number of alkyl halides is 1. The van der Waals surface area contributed by atoms with E-state index in [1.807, 2.05) is 25.3 Å². The summed E-state index contributed by atoms with van der Waals surface area (Å²) in [6.07, 6.45) is 3.61. The second-order valence-corrected chi connectivity index (χ2v) is 4.25. The van der Waals surface area contributed by atoms with Crippen molar-refractivity contribution in [2.45, 2.75) is 12.8 Å². The molecule has 0 atom stereocenters.